The Bertz CT molecular complexity index is 164. The molecule has 0 saturated carbocycles. The number of hydrogen-bond acceptors (Lipinski definition) is 2. The molecule has 0 aliphatic carbocycles. The summed E-state index contributed by atoms with van der Waals surface area (Å²) in [5, 5.41) is 0. The van der Waals surface area contributed by atoms with Crippen LogP contribution >= 0.6 is 0 Å². The molecule has 0 fully saturated rings. The molecule has 0 amide bonds. The standard InChI is InChI=1S/C3H9NO3S2/c4-2-1-3-8-9(5,6)7/h1-4H2,(H-,5,6,7)/p+1. The fraction of sp³-hybridized carbons (Fsp3) is 1.00. The van der Waals surface area contributed by atoms with Gasteiger partial charge in [-0.1, -0.05) is 0 Å². The van der Waals surface area contributed by atoms with Crippen LogP contribution in [0.3, 0.4) is 0 Å². The van der Waals surface area contributed by atoms with Crippen LogP contribution < -0.4 is 5.73 Å². The second-order valence-corrected chi connectivity index (χ2v) is 4.96. The van der Waals surface area contributed by atoms with Gasteiger partial charge >= 0.3 is 9.05 Å². The molecule has 56 valence electrons. The predicted octanol–water partition coefficient (Wildman–Crippen LogP) is -0.437. The maximum Gasteiger partial charge on any atom is 0.430 e. The van der Waals surface area contributed by atoms with Crippen LogP contribution in [0, 0.1) is 0 Å². The smallest absolute Gasteiger partial charge is 0.330 e. The average Bonchev–Trinajstić information content (AvgIpc) is 1.63. The van der Waals surface area contributed by atoms with E-state index in [9.17, 15) is 4.21 Å². The van der Waals surface area contributed by atoms with E-state index in [-0.39, 0.29) is 0 Å². The Morgan fingerprint density at radius 3 is 2.44 bits per heavy atom. The third-order valence-corrected chi connectivity index (χ3v) is 2.77. The van der Waals surface area contributed by atoms with E-state index in [4.69, 9.17) is 14.8 Å². The van der Waals surface area contributed by atoms with E-state index >= 15 is 0 Å². The minimum atomic E-state index is -3.59. The zero-order valence-corrected chi connectivity index (χ0v) is 6.45. The third kappa shape index (κ3) is 8.25. The third-order valence-electron chi connectivity index (χ3n) is 0.585. The molecule has 0 aromatic carbocycles. The Morgan fingerprint density at radius 2 is 2.11 bits per heavy atom. The first-order valence-corrected chi connectivity index (χ1v) is 5.37. The summed E-state index contributed by atoms with van der Waals surface area (Å²) in [6, 6.07) is 0. The average molecular weight is 172 g/mol. The van der Waals surface area contributed by atoms with Crippen LogP contribution in [0.1, 0.15) is 6.42 Å². The van der Waals surface area contributed by atoms with Gasteiger partial charge in [-0.15, -0.1) is 0 Å². The largest absolute Gasteiger partial charge is 0.430 e. The lowest BCUT2D eigenvalue weighted by molar-refractivity contribution is 0.450. The van der Waals surface area contributed by atoms with Gasteiger partial charge < -0.3 is 5.73 Å². The normalized spacial score (nSPS) is 11.4. The van der Waals surface area contributed by atoms with Crippen molar-refractivity contribution in [3.8, 4) is 0 Å². The molecule has 6 heteroatoms. The summed E-state index contributed by atoms with van der Waals surface area (Å²) in [6.07, 6.45) is 0.642. The van der Waals surface area contributed by atoms with Crippen molar-refractivity contribution < 1.29 is 13.3 Å². The van der Waals surface area contributed by atoms with Crippen LogP contribution in [0.2, 0.25) is 0 Å². The lowest BCUT2D eigenvalue weighted by atomic mass is 10.5. The van der Waals surface area contributed by atoms with E-state index < -0.39 is 9.05 Å². The molecule has 0 rings (SSSR count). The zero-order chi connectivity index (χ0) is 7.33. The SMILES string of the molecule is NCCC[S+]=S(=O)(O)O. The molecule has 0 aliphatic rings. The van der Waals surface area contributed by atoms with E-state index in [0.717, 1.165) is 0 Å². The van der Waals surface area contributed by atoms with Crippen molar-refractivity contribution in [2.24, 2.45) is 5.73 Å². The monoisotopic (exact) mass is 172 g/mol. The van der Waals surface area contributed by atoms with Crippen LogP contribution in [-0.2, 0) is 19.4 Å². The highest BCUT2D eigenvalue weighted by Gasteiger charge is 2.07. The Morgan fingerprint density at radius 1 is 1.56 bits per heavy atom. The molecule has 0 aliphatic heterocycles. The van der Waals surface area contributed by atoms with Gasteiger partial charge in [0.05, 0.1) is 0 Å². The summed E-state index contributed by atoms with van der Waals surface area (Å²) < 4.78 is 26.6. The van der Waals surface area contributed by atoms with Crippen molar-refractivity contribution in [2.45, 2.75) is 6.42 Å². The Hall–Kier alpha value is 0.250. The molecule has 9 heavy (non-hydrogen) atoms. The quantitative estimate of drug-likeness (QED) is 0.398. The van der Waals surface area contributed by atoms with E-state index in [0.29, 0.717) is 29.0 Å². The number of nitrogens with two attached hydrogens (primary N) is 1. The zero-order valence-electron chi connectivity index (χ0n) is 4.82. The molecule has 4 N–H and O–H groups in total. The Labute approximate surface area is 57.7 Å². The summed E-state index contributed by atoms with van der Waals surface area (Å²) in [7, 11) is -2.97. The van der Waals surface area contributed by atoms with Crippen molar-refractivity contribution in [3.63, 3.8) is 0 Å². The van der Waals surface area contributed by atoms with Crippen molar-refractivity contribution in [2.75, 3.05) is 12.3 Å². The summed E-state index contributed by atoms with van der Waals surface area (Å²) in [5.74, 6) is 0.419. The maximum absolute atomic E-state index is 10.1. The lowest BCUT2D eigenvalue weighted by Gasteiger charge is -1.78. The second-order valence-electron chi connectivity index (χ2n) is 1.41. The fourth-order valence-corrected chi connectivity index (χ4v) is 1.76. The van der Waals surface area contributed by atoms with Gasteiger partial charge in [-0.05, 0) is 6.54 Å². The maximum atomic E-state index is 10.1. The highest BCUT2D eigenvalue weighted by molar-refractivity contribution is 8.34. The van der Waals surface area contributed by atoms with Crippen molar-refractivity contribution >= 4 is 19.4 Å². The predicted molar refractivity (Wildman–Crippen MR) is 39.3 cm³/mol. The highest BCUT2D eigenvalue weighted by atomic mass is 32.9. The minimum Gasteiger partial charge on any atom is -0.330 e. The molecule has 0 radical (unpaired) electrons. The number of hydrogen-bond donors (Lipinski definition) is 3. The molecule has 0 spiro atoms. The molecule has 0 heterocycles. The second kappa shape index (κ2) is 4.13. The van der Waals surface area contributed by atoms with Gasteiger partial charge in [0.25, 0.3) is 10.3 Å². The van der Waals surface area contributed by atoms with Gasteiger partial charge in [0.2, 0.25) is 0 Å². The Balaban J connectivity index is 3.59. The van der Waals surface area contributed by atoms with Gasteiger partial charge in [-0.3, -0.25) is 9.11 Å². The molecule has 4 nitrogen and oxygen atoms in total. The topological polar surface area (TPSA) is 83.6 Å². The molecule has 0 bridgehead atoms. The molecular formula is C3H10NO3S2+. The van der Waals surface area contributed by atoms with Crippen molar-refractivity contribution in [1.29, 1.82) is 0 Å². The molecule has 0 aromatic heterocycles. The van der Waals surface area contributed by atoms with E-state index in [1.807, 2.05) is 0 Å². The minimum absolute atomic E-state index is 0.419. The lowest BCUT2D eigenvalue weighted by Crippen LogP contribution is -2.04. The summed E-state index contributed by atoms with van der Waals surface area (Å²) >= 11 is 0. The van der Waals surface area contributed by atoms with Crippen LogP contribution in [0.5, 0.6) is 0 Å². The van der Waals surface area contributed by atoms with Gasteiger partial charge in [-0.2, -0.15) is 4.21 Å². The highest BCUT2D eigenvalue weighted by Crippen LogP contribution is 1.80. The van der Waals surface area contributed by atoms with Crippen molar-refractivity contribution in [1.82, 2.24) is 0 Å². The fourth-order valence-electron chi connectivity index (χ4n) is 0.251. The first kappa shape index (κ1) is 9.25. The van der Waals surface area contributed by atoms with E-state index in [1.165, 1.54) is 0 Å². The summed E-state index contributed by atoms with van der Waals surface area (Å²) in [4.78, 5) is 0. The summed E-state index contributed by atoms with van der Waals surface area (Å²) in [5.41, 5.74) is 5.09. The molecule has 0 atom stereocenters. The van der Waals surface area contributed by atoms with Crippen LogP contribution in [-0.4, -0.2) is 25.6 Å². The first-order chi connectivity index (χ1) is 4.06. The van der Waals surface area contributed by atoms with Gasteiger partial charge in [0, 0.05) is 6.42 Å². The van der Waals surface area contributed by atoms with Gasteiger partial charge in [0.1, 0.15) is 0 Å². The summed E-state index contributed by atoms with van der Waals surface area (Å²) in [6.45, 7) is 0.475. The van der Waals surface area contributed by atoms with Crippen LogP contribution in [0.4, 0.5) is 0 Å². The van der Waals surface area contributed by atoms with Crippen molar-refractivity contribution in [3.05, 3.63) is 0 Å². The van der Waals surface area contributed by atoms with Gasteiger partial charge in [0.15, 0.2) is 5.75 Å². The first-order valence-electron chi connectivity index (χ1n) is 2.40. The molecular weight excluding hydrogens is 162 g/mol. The molecule has 0 unspecified atom stereocenters. The van der Waals surface area contributed by atoms with Crippen LogP contribution in [0.25, 0.3) is 0 Å². The molecule has 0 saturated heterocycles. The van der Waals surface area contributed by atoms with E-state index in [1.54, 1.807) is 0 Å². The number of rotatable bonds is 3. The molecule has 0 aromatic rings. The van der Waals surface area contributed by atoms with Gasteiger partial charge in [-0.25, -0.2) is 0 Å². The van der Waals surface area contributed by atoms with E-state index in [2.05, 4.69) is 0 Å². The Kier molecular flexibility index (Phi) is 4.24. The van der Waals surface area contributed by atoms with Crippen LogP contribution in [0.15, 0.2) is 0 Å².